The number of anilines is 1. The molecule has 35 heavy (non-hydrogen) atoms. The summed E-state index contributed by atoms with van der Waals surface area (Å²) in [4.78, 5) is 22.1. The molecular formula is C25H23F4N5O. The van der Waals surface area contributed by atoms with E-state index in [0.29, 0.717) is 43.3 Å². The topological polar surface area (TPSA) is 53.7 Å². The van der Waals surface area contributed by atoms with Gasteiger partial charge in [0.25, 0.3) is 0 Å². The number of piperazine rings is 1. The van der Waals surface area contributed by atoms with E-state index in [1.54, 1.807) is 40.9 Å². The standard InChI is InChI=1S/C25H23F4N5O/c1-16-22(24(35)33-14-12-32(13-15-33)20-8-6-19(26)7-9-20)23(34-21(31-16)10-11-30-34)17-2-4-18(5-3-17)25(27,28)29/h2-11,22-23H,12-15H2,1H3. The van der Waals surface area contributed by atoms with Crippen LogP contribution in [0.5, 0.6) is 0 Å². The minimum Gasteiger partial charge on any atom is -0.368 e. The van der Waals surface area contributed by atoms with Gasteiger partial charge in [0.05, 0.1) is 17.8 Å². The lowest BCUT2D eigenvalue weighted by atomic mass is 9.86. The molecule has 3 heterocycles. The summed E-state index contributed by atoms with van der Waals surface area (Å²) >= 11 is 0. The highest BCUT2D eigenvalue weighted by molar-refractivity contribution is 6.05. The molecule has 1 aromatic heterocycles. The minimum absolute atomic E-state index is 0.143. The van der Waals surface area contributed by atoms with E-state index in [2.05, 4.69) is 15.0 Å². The van der Waals surface area contributed by atoms with Crippen LogP contribution in [0.3, 0.4) is 0 Å². The first-order valence-corrected chi connectivity index (χ1v) is 11.3. The van der Waals surface area contributed by atoms with Crippen molar-refractivity contribution in [3.8, 4) is 0 Å². The van der Waals surface area contributed by atoms with Gasteiger partial charge in [0, 0.05) is 43.6 Å². The van der Waals surface area contributed by atoms with Gasteiger partial charge in [-0.15, -0.1) is 0 Å². The number of fused-ring (bicyclic) bond motifs is 1. The van der Waals surface area contributed by atoms with Crippen molar-refractivity contribution < 1.29 is 22.4 Å². The zero-order chi connectivity index (χ0) is 24.7. The first kappa shape index (κ1) is 23.1. The van der Waals surface area contributed by atoms with Crippen LogP contribution in [-0.2, 0) is 11.0 Å². The highest BCUT2D eigenvalue weighted by Crippen LogP contribution is 2.38. The molecule has 1 fully saturated rings. The fraction of sp³-hybridized carbons (Fsp3) is 0.320. The molecule has 0 bridgehead atoms. The number of benzene rings is 2. The Morgan fingerprint density at radius 1 is 0.943 bits per heavy atom. The van der Waals surface area contributed by atoms with E-state index in [4.69, 9.17) is 0 Å². The zero-order valence-corrected chi connectivity index (χ0v) is 18.9. The second-order valence-corrected chi connectivity index (χ2v) is 8.72. The van der Waals surface area contributed by atoms with Crippen molar-refractivity contribution in [1.82, 2.24) is 14.7 Å². The smallest absolute Gasteiger partial charge is 0.368 e. The minimum atomic E-state index is -4.45. The van der Waals surface area contributed by atoms with Gasteiger partial charge in [0.1, 0.15) is 11.7 Å². The molecule has 2 aromatic carbocycles. The average Bonchev–Trinajstić information content (AvgIpc) is 3.31. The quantitative estimate of drug-likeness (QED) is 0.506. The number of amides is 1. The number of hydrogen-bond donors (Lipinski definition) is 0. The van der Waals surface area contributed by atoms with Crippen LogP contribution >= 0.6 is 0 Å². The molecule has 0 aliphatic carbocycles. The lowest BCUT2D eigenvalue weighted by Crippen LogP contribution is -2.53. The SMILES string of the molecule is CC1=Nc2ccnn2C(c2ccc(C(F)(F)F)cc2)C1C(=O)N1CCN(c2ccc(F)cc2)CC1. The Kier molecular flexibility index (Phi) is 5.82. The average molecular weight is 485 g/mol. The van der Waals surface area contributed by atoms with Crippen LogP contribution in [0.1, 0.15) is 24.1 Å². The number of hydrogen-bond acceptors (Lipinski definition) is 4. The molecule has 0 saturated carbocycles. The van der Waals surface area contributed by atoms with E-state index < -0.39 is 23.7 Å². The Morgan fingerprint density at radius 2 is 1.60 bits per heavy atom. The van der Waals surface area contributed by atoms with Crippen LogP contribution in [-0.4, -0.2) is 52.5 Å². The normalized spacial score (nSPS) is 20.4. The maximum Gasteiger partial charge on any atom is 0.416 e. The molecule has 3 aromatic rings. The van der Waals surface area contributed by atoms with Crippen molar-refractivity contribution in [3.63, 3.8) is 0 Å². The largest absolute Gasteiger partial charge is 0.416 e. The van der Waals surface area contributed by atoms with Crippen molar-refractivity contribution in [2.45, 2.75) is 19.1 Å². The van der Waals surface area contributed by atoms with Gasteiger partial charge >= 0.3 is 6.18 Å². The van der Waals surface area contributed by atoms with Gasteiger partial charge < -0.3 is 9.80 Å². The molecule has 1 amide bonds. The number of halogens is 4. The van der Waals surface area contributed by atoms with Gasteiger partial charge in [-0.3, -0.25) is 4.79 Å². The summed E-state index contributed by atoms with van der Waals surface area (Å²) in [6.07, 6.45) is -2.88. The van der Waals surface area contributed by atoms with Crippen LogP contribution in [0.25, 0.3) is 0 Å². The van der Waals surface area contributed by atoms with Crippen molar-refractivity contribution >= 4 is 23.1 Å². The summed E-state index contributed by atoms with van der Waals surface area (Å²) in [6.45, 7) is 3.86. The third kappa shape index (κ3) is 4.40. The molecule has 2 aliphatic heterocycles. The molecule has 5 rings (SSSR count). The van der Waals surface area contributed by atoms with Crippen molar-refractivity contribution in [2.24, 2.45) is 10.9 Å². The molecule has 2 atom stereocenters. The van der Waals surface area contributed by atoms with Crippen molar-refractivity contribution in [2.75, 3.05) is 31.1 Å². The van der Waals surface area contributed by atoms with Gasteiger partial charge in [-0.2, -0.15) is 18.3 Å². The molecule has 6 nitrogen and oxygen atoms in total. The molecule has 182 valence electrons. The van der Waals surface area contributed by atoms with Gasteiger partial charge in [-0.1, -0.05) is 12.1 Å². The van der Waals surface area contributed by atoms with Crippen LogP contribution in [0, 0.1) is 11.7 Å². The maximum atomic E-state index is 13.7. The Balaban J connectivity index is 1.40. The number of aliphatic imine (C=N–C) groups is 1. The van der Waals surface area contributed by atoms with E-state index in [1.807, 2.05) is 0 Å². The summed E-state index contributed by atoms with van der Waals surface area (Å²) in [5.41, 5.74) is 1.29. The highest BCUT2D eigenvalue weighted by Gasteiger charge is 2.41. The second-order valence-electron chi connectivity index (χ2n) is 8.72. The summed E-state index contributed by atoms with van der Waals surface area (Å²) < 4.78 is 54.2. The fourth-order valence-electron chi connectivity index (χ4n) is 4.78. The lowest BCUT2D eigenvalue weighted by molar-refractivity contribution is -0.138. The van der Waals surface area contributed by atoms with Crippen LogP contribution in [0.4, 0.5) is 29.1 Å². The predicted molar refractivity (Wildman–Crippen MR) is 123 cm³/mol. The Bertz CT molecular complexity index is 1240. The number of carbonyl (C=O) groups is 1. The summed E-state index contributed by atoms with van der Waals surface area (Å²) in [7, 11) is 0. The first-order chi connectivity index (χ1) is 16.7. The zero-order valence-electron chi connectivity index (χ0n) is 18.9. The van der Waals surface area contributed by atoms with Gasteiger partial charge in [-0.25, -0.2) is 14.1 Å². The van der Waals surface area contributed by atoms with E-state index in [9.17, 15) is 22.4 Å². The lowest BCUT2D eigenvalue weighted by Gasteiger charge is -2.40. The van der Waals surface area contributed by atoms with E-state index in [1.165, 1.54) is 24.3 Å². The van der Waals surface area contributed by atoms with Crippen LogP contribution < -0.4 is 4.90 Å². The Labute approximate surface area is 199 Å². The number of alkyl halides is 3. The number of aromatic nitrogens is 2. The number of nitrogens with zero attached hydrogens (tertiary/aromatic N) is 5. The first-order valence-electron chi connectivity index (χ1n) is 11.3. The van der Waals surface area contributed by atoms with Gasteiger partial charge in [0.2, 0.25) is 5.91 Å². The monoisotopic (exact) mass is 485 g/mol. The van der Waals surface area contributed by atoms with Crippen molar-refractivity contribution in [1.29, 1.82) is 0 Å². The third-order valence-corrected chi connectivity index (χ3v) is 6.60. The van der Waals surface area contributed by atoms with Crippen molar-refractivity contribution in [3.05, 3.63) is 77.7 Å². The third-order valence-electron chi connectivity index (χ3n) is 6.60. The second kappa shape index (κ2) is 8.83. The highest BCUT2D eigenvalue weighted by atomic mass is 19.4. The van der Waals surface area contributed by atoms with E-state index >= 15 is 0 Å². The maximum absolute atomic E-state index is 13.7. The fourth-order valence-corrected chi connectivity index (χ4v) is 4.78. The Hall–Kier alpha value is -3.69. The predicted octanol–water partition coefficient (Wildman–Crippen LogP) is 4.70. The van der Waals surface area contributed by atoms with E-state index in [-0.39, 0.29) is 11.7 Å². The van der Waals surface area contributed by atoms with Gasteiger partial charge in [-0.05, 0) is 48.9 Å². The molecule has 2 unspecified atom stereocenters. The molecule has 1 saturated heterocycles. The number of rotatable bonds is 3. The summed E-state index contributed by atoms with van der Waals surface area (Å²) in [5, 5.41) is 4.33. The molecule has 0 N–H and O–H groups in total. The Morgan fingerprint density at radius 3 is 2.23 bits per heavy atom. The van der Waals surface area contributed by atoms with E-state index in [0.717, 1.165) is 17.8 Å². The van der Waals surface area contributed by atoms with Crippen LogP contribution in [0.15, 0.2) is 65.8 Å². The molecule has 2 aliphatic rings. The summed E-state index contributed by atoms with van der Waals surface area (Å²) in [6, 6.07) is 12.2. The van der Waals surface area contributed by atoms with Crippen LogP contribution in [0.2, 0.25) is 0 Å². The molecule has 0 spiro atoms. The number of carbonyl (C=O) groups excluding carboxylic acids is 1. The molecule has 10 heteroatoms. The molecular weight excluding hydrogens is 462 g/mol. The van der Waals surface area contributed by atoms with Gasteiger partial charge in [0.15, 0.2) is 5.82 Å². The summed E-state index contributed by atoms with van der Waals surface area (Å²) in [5.74, 6) is -0.591. The molecule has 0 radical (unpaired) electrons.